The minimum absolute atomic E-state index is 0.156. The molecule has 0 amide bonds. The van der Waals surface area contributed by atoms with Gasteiger partial charge in [0.1, 0.15) is 4.21 Å². The Balaban J connectivity index is 1.49. The number of sulfonamides is 1. The molecule has 9 nitrogen and oxygen atoms in total. The molecule has 4 rings (SSSR count). The number of ketones is 1. The van der Waals surface area contributed by atoms with E-state index in [0.29, 0.717) is 6.42 Å². The van der Waals surface area contributed by atoms with Crippen LogP contribution in [0, 0.1) is 10.1 Å². The molecule has 2 aromatic carbocycles. The fourth-order valence-electron chi connectivity index (χ4n) is 3.87. The number of carbonyl (C=O) groups is 2. The Morgan fingerprint density at radius 1 is 1.09 bits per heavy atom. The third kappa shape index (κ3) is 4.91. The minimum Gasteiger partial charge on any atom is -0.457 e. The van der Waals surface area contributed by atoms with Gasteiger partial charge in [0.2, 0.25) is 0 Å². The highest BCUT2D eigenvalue weighted by molar-refractivity contribution is 7.91. The van der Waals surface area contributed by atoms with Crippen LogP contribution in [0.2, 0.25) is 0 Å². The highest BCUT2D eigenvalue weighted by Gasteiger charge is 2.38. The van der Waals surface area contributed by atoms with Gasteiger partial charge in [-0.3, -0.25) is 19.7 Å². The quantitative estimate of drug-likeness (QED) is 0.200. The van der Waals surface area contributed by atoms with Crippen LogP contribution in [0.25, 0.3) is 0 Å². The lowest BCUT2D eigenvalue weighted by Crippen LogP contribution is -2.41. The summed E-state index contributed by atoms with van der Waals surface area (Å²) in [6.45, 7) is -0.334. The van der Waals surface area contributed by atoms with Crippen LogP contribution in [0.1, 0.15) is 33.9 Å². The second-order valence-corrected chi connectivity index (χ2v) is 10.7. The predicted octanol–water partition coefficient (Wildman–Crippen LogP) is 3.76. The van der Waals surface area contributed by atoms with Crippen molar-refractivity contribution in [1.29, 1.82) is 0 Å². The first-order chi connectivity index (χ1) is 16.3. The van der Waals surface area contributed by atoms with Crippen LogP contribution in [0.15, 0.2) is 70.3 Å². The van der Waals surface area contributed by atoms with E-state index in [9.17, 15) is 28.1 Å². The zero-order chi connectivity index (χ0) is 24.3. The van der Waals surface area contributed by atoms with Crippen molar-refractivity contribution in [3.63, 3.8) is 0 Å². The molecule has 0 aliphatic carbocycles. The molecule has 1 aliphatic rings. The number of thiophene rings is 1. The van der Waals surface area contributed by atoms with Crippen molar-refractivity contribution in [3.05, 3.63) is 92.8 Å². The van der Waals surface area contributed by atoms with Crippen LogP contribution in [0.5, 0.6) is 0 Å². The standard InChI is InChI=1S/C23H20N2O7S2/c26-21(17-7-9-18(10-8-17)25(28)29)15-32-22(27)14-20-19-5-2-1-4-16(19)11-12-24(20)34(30,31)23-6-3-13-33-23/h1-10,13,20H,11-12,14-15H2. The average molecular weight is 501 g/mol. The van der Waals surface area contributed by atoms with Gasteiger partial charge >= 0.3 is 5.97 Å². The van der Waals surface area contributed by atoms with Crippen LogP contribution in [-0.4, -0.2) is 42.6 Å². The van der Waals surface area contributed by atoms with Gasteiger partial charge in [-0.15, -0.1) is 11.3 Å². The number of carbonyl (C=O) groups excluding carboxylic acids is 2. The van der Waals surface area contributed by atoms with E-state index < -0.39 is 39.3 Å². The Hall–Kier alpha value is -3.41. The van der Waals surface area contributed by atoms with Gasteiger partial charge in [-0.1, -0.05) is 30.3 Å². The Kier molecular flexibility index (Phi) is 6.87. The topological polar surface area (TPSA) is 124 Å². The van der Waals surface area contributed by atoms with Gasteiger partial charge < -0.3 is 4.74 Å². The fraction of sp³-hybridized carbons (Fsp3) is 0.217. The lowest BCUT2D eigenvalue weighted by atomic mass is 9.92. The average Bonchev–Trinajstić information content (AvgIpc) is 3.39. The SMILES string of the molecule is O=C(CC1c2ccccc2CCN1S(=O)(=O)c1cccs1)OCC(=O)c1ccc([N+](=O)[O-])cc1. The lowest BCUT2D eigenvalue weighted by molar-refractivity contribution is -0.384. The van der Waals surface area contributed by atoms with Crippen LogP contribution in [0.3, 0.4) is 0 Å². The maximum Gasteiger partial charge on any atom is 0.308 e. The molecule has 0 bridgehead atoms. The van der Waals surface area contributed by atoms with E-state index in [2.05, 4.69) is 0 Å². The fourth-order valence-corrected chi connectivity index (χ4v) is 6.59. The molecule has 0 saturated carbocycles. The largest absolute Gasteiger partial charge is 0.457 e. The van der Waals surface area contributed by atoms with Crippen LogP contribution >= 0.6 is 11.3 Å². The Morgan fingerprint density at radius 2 is 1.82 bits per heavy atom. The van der Waals surface area contributed by atoms with E-state index in [1.54, 1.807) is 23.6 Å². The Bertz CT molecular complexity index is 1320. The van der Waals surface area contributed by atoms with Crippen molar-refractivity contribution < 1.29 is 27.7 Å². The summed E-state index contributed by atoms with van der Waals surface area (Å²) in [7, 11) is -3.82. The van der Waals surface area contributed by atoms with E-state index in [4.69, 9.17) is 4.74 Å². The molecule has 0 N–H and O–H groups in total. The van der Waals surface area contributed by atoms with Gasteiger partial charge in [0, 0.05) is 24.2 Å². The summed E-state index contributed by atoms with van der Waals surface area (Å²) >= 11 is 1.11. The molecule has 11 heteroatoms. The molecule has 0 saturated heterocycles. The summed E-state index contributed by atoms with van der Waals surface area (Å²) in [4.78, 5) is 35.2. The number of nitro groups is 1. The van der Waals surface area contributed by atoms with Crippen molar-refractivity contribution in [2.45, 2.75) is 23.1 Å². The molecule has 0 radical (unpaired) electrons. The highest BCUT2D eigenvalue weighted by atomic mass is 32.2. The molecule has 3 aromatic rings. The third-order valence-corrected chi connectivity index (χ3v) is 8.83. The van der Waals surface area contributed by atoms with Crippen molar-refractivity contribution in [3.8, 4) is 0 Å². The van der Waals surface area contributed by atoms with Gasteiger partial charge in [-0.2, -0.15) is 4.31 Å². The lowest BCUT2D eigenvalue weighted by Gasteiger charge is -2.35. The Labute approximate surface area is 199 Å². The number of fused-ring (bicyclic) bond motifs is 1. The number of hydrogen-bond donors (Lipinski definition) is 0. The molecule has 0 spiro atoms. The predicted molar refractivity (Wildman–Crippen MR) is 124 cm³/mol. The molecule has 1 aromatic heterocycles. The monoisotopic (exact) mass is 500 g/mol. The van der Waals surface area contributed by atoms with Crippen LogP contribution in [0.4, 0.5) is 5.69 Å². The van der Waals surface area contributed by atoms with Gasteiger partial charge in [-0.25, -0.2) is 8.42 Å². The van der Waals surface area contributed by atoms with Crippen molar-refractivity contribution in [2.75, 3.05) is 13.2 Å². The third-order valence-electron chi connectivity index (χ3n) is 5.55. The van der Waals surface area contributed by atoms with Gasteiger partial charge in [0.25, 0.3) is 15.7 Å². The summed E-state index contributed by atoms with van der Waals surface area (Å²) in [6, 6.07) is 14.7. The second-order valence-electron chi connectivity index (χ2n) is 7.60. The number of benzene rings is 2. The molecule has 0 fully saturated rings. The number of ether oxygens (including phenoxy) is 1. The summed E-state index contributed by atoms with van der Waals surface area (Å²) in [5, 5.41) is 12.4. The van der Waals surface area contributed by atoms with Gasteiger partial charge in [0.15, 0.2) is 12.4 Å². The van der Waals surface area contributed by atoms with E-state index >= 15 is 0 Å². The molecule has 1 aliphatic heterocycles. The summed E-state index contributed by atoms with van der Waals surface area (Å²) in [5.74, 6) is -1.24. The first-order valence-electron chi connectivity index (χ1n) is 10.3. The smallest absolute Gasteiger partial charge is 0.308 e. The number of rotatable bonds is 8. The van der Waals surface area contributed by atoms with Gasteiger partial charge in [0.05, 0.1) is 17.4 Å². The van der Waals surface area contributed by atoms with E-state index in [-0.39, 0.29) is 28.4 Å². The maximum absolute atomic E-state index is 13.3. The highest BCUT2D eigenvalue weighted by Crippen LogP contribution is 2.37. The summed E-state index contributed by atoms with van der Waals surface area (Å²) in [5.41, 5.74) is 1.70. The number of esters is 1. The molecule has 34 heavy (non-hydrogen) atoms. The summed E-state index contributed by atoms with van der Waals surface area (Å²) < 4.78 is 33.2. The molecule has 2 heterocycles. The second kappa shape index (κ2) is 9.84. The Morgan fingerprint density at radius 3 is 2.50 bits per heavy atom. The first kappa shape index (κ1) is 23.7. The zero-order valence-electron chi connectivity index (χ0n) is 17.8. The van der Waals surface area contributed by atoms with E-state index in [1.165, 1.54) is 34.6 Å². The van der Waals surface area contributed by atoms with Gasteiger partial charge in [-0.05, 0) is 41.1 Å². The number of nitrogens with zero attached hydrogens (tertiary/aromatic N) is 2. The van der Waals surface area contributed by atoms with E-state index in [1.807, 2.05) is 12.1 Å². The number of Topliss-reactive ketones (excluding diaryl/α,β-unsaturated/α-hetero) is 1. The zero-order valence-corrected chi connectivity index (χ0v) is 19.5. The normalized spacial score (nSPS) is 15.9. The number of hydrogen-bond acceptors (Lipinski definition) is 8. The van der Waals surface area contributed by atoms with Crippen LogP contribution in [-0.2, 0) is 26.0 Å². The van der Waals surface area contributed by atoms with Crippen LogP contribution < -0.4 is 0 Å². The first-order valence-corrected chi connectivity index (χ1v) is 12.7. The molecule has 1 atom stereocenters. The molecule has 176 valence electrons. The minimum atomic E-state index is -3.82. The molecular weight excluding hydrogens is 480 g/mol. The number of non-ortho nitro benzene ring substituents is 1. The van der Waals surface area contributed by atoms with Crippen molar-refractivity contribution in [1.82, 2.24) is 4.31 Å². The molecule has 1 unspecified atom stereocenters. The number of nitro benzene ring substituents is 1. The van der Waals surface area contributed by atoms with Crippen molar-refractivity contribution >= 4 is 38.8 Å². The van der Waals surface area contributed by atoms with E-state index in [0.717, 1.165) is 22.5 Å². The summed E-state index contributed by atoms with van der Waals surface area (Å²) in [6.07, 6.45) is 0.264. The maximum atomic E-state index is 13.3. The molecular formula is C23H20N2O7S2. The van der Waals surface area contributed by atoms with Crippen molar-refractivity contribution in [2.24, 2.45) is 0 Å².